The first-order valence-corrected chi connectivity index (χ1v) is 10.6. The lowest BCUT2D eigenvalue weighted by Crippen LogP contribution is -2.38. The maximum Gasteiger partial charge on any atom is 0.251 e. The molecule has 0 saturated carbocycles. The van der Waals surface area contributed by atoms with E-state index in [1.165, 1.54) is 0 Å². The summed E-state index contributed by atoms with van der Waals surface area (Å²) in [6, 6.07) is 15.2. The molecule has 0 radical (unpaired) electrons. The molecule has 1 atom stereocenters. The van der Waals surface area contributed by atoms with E-state index >= 15 is 0 Å². The number of rotatable bonds is 6. The van der Waals surface area contributed by atoms with Crippen LogP contribution in [0.3, 0.4) is 0 Å². The van der Waals surface area contributed by atoms with Crippen molar-refractivity contribution < 1.29 is 13.2 Å². The first kappa shape index (κ1) is 18.6. The molecule has 138 valence electrons. The Morgan fingerprint density at radius 1 is 1.12 bits per heavy atom. The van der Waals surface area contributed by atoms with Crippen LogP contribution >= 0.6 is 0 Å². The Kier molecular flexibility index (Phi) is 6.06. The average molecular weight is 372 g/mol. The molecule has 1 saturated heterocycles. The number of carbonyl (C=O) groups excluding carboxylic acids is 1. The predicted molar refractivity (Wildman–Crippen MR) is 102 cm³/mol. The third-order valence-electron chi connectivity index (χ3n) is 4.60. The number of piperidine rings is 1. The first-order chi connectivity index (χ1) is 12.5. The molecule has 26 heavy (non-hydrogen) atoms. The van der Waals surface area contributed by atoms with Gasteiger partial charge in [0.05, 0.1) is 10.6 Å². The van der Waals surface area contributed by atoms with Crippen LogP contribution in [0.2, 0.25) is 0 Å². The molecule has 3 rings (SSSR count). The normalized spacial score (nSPS) is 17.6. The van der Waals surface area contributed by atoms with Crippen LogP contribution in [0.15, 0.2) is 59.5 Å². The Labute approximate surface area is 154 Å². The van der Waals surface area contributed by atoms with E-state index in [0.717, 1.165) is 25.9 Å². The van der Waals surface area contributed by atoms with Crippen LogP contribution in [0, 0.1) is 5.92 Å². The summed E-state index contributed by atoms with van der Waals surface area (Å²) < 4.78 is 25.0. The van der Waals surface area contributed by atoms with Gasteiger partial charge in [-0.2, -0.15) is 0 Å². The van der Waals surface area contributed by atoms with Crippen LogP contribution in [-0.4, -0.2) is 34.0 Å². The van der Waals surface area contributed by atoms with Gasteiger partial charge in [0.15, 0.2) is 9.84 Å². The molecule has 0 bridgehead atoms. The molecule has 1 unspecified atom stereocenters. The van der Waals surface area contributed by atoms with Crippen molar-refractivity contribution in [2.75, 3.05) is 19.6 Å². The van der Waals surface area contributed by atoms with Crippen molar-refractivity contribution >= 4 is 15.7 Å². The Hall–Kier alpha value is -2.18. The molecule has 1 heterocycles. The minimum absolute atomic E-state index is 0.120. The predicted octanol–water partition coefficient (Wildman–Crippen LogP) is 2.39. The van der Waals surface area contributed by atoms with E-state index in [1.807, 2.05) is 0 Å². The fourth-order valence-corrected chi connectivity index (χ4v) is 4.53. The fourth-order valence-electron chi connectivity index (χ4n) is 3.17. The lowest BCUT2D eigenvalue weighted by atomic mass is 9.99. The van der Waals surface area contributed by atoms with Crippen LogP contribution in [-0.2, 0) is 15.6 Å². The molecule has 1 amide bonds. The van der Waals surface area contributed by atoms with E-state index in [4.69, 9.17) is 0 Å². The number of hydrogen-bond donors (Lipinski definition) is 2. The van der Waals surface area contributed by atoms with Gasteiger partial charge >= 0.3 is 0 Å². The van der Waals surface area contributed by atoms with E-state index in [2.05, 4.69) is 10.6 Å². The third-order valence-corrected chi connectivity index (χ3v) is 6.30. The van der Waals surface area contributed by atoms with E-state index in [1.54, 1.807) is 54.6 Å². The molecule has 0 aliphatic carbocycles. The second kappa shape index (κ2) is 8.47. The molecule has 6 heteroatoms. The van der Waals surface area contributed by atoms with E-state index < -0.39 is 9.84 Å². The Morgan fingerprint density at radius 2 is 1.92 bits per heavy atom. The number of carbonyl (C=O) groups is 1. The maximum atomic E-state index is 12.5. The molecular formula is C20H24N2O3S. The summed E-state index contributed by atoms with van der Waals surface area (Å²) in [5, 5.41) is 6.29. The summed E-state index contributed by atoms with van der Waals surface area (Å²) in [6.07, 6.45) is 2.25. The lowest BCUT2D eigenvalue weighted by molar-refractivity contribution is 0.0944. The van der Waals surface area contributed by atoms with Crippen LogP contribution in [0.5, 0.6) is 0 Å². The van der Waals surface area contributed by atoms with E-state index in [-0.39, 0.29) is 11.7 Å². The van der Waals surface area contributed by atoms with Crippen LogP contribution in [0.25, 0.3) is 0 Å². The second-order valence-corrected chi connectivity index (χ2v) is 8.68. The summed E-state index contributed by atoms with van der Waals surface area (Å²) >= 11 is 0. The highest BCUT2D eigenvalue weighted by molar-refractivity contribution is 7.90. The number of sulfone groups is 1. The maximum absolute atomic E-state index is 12.5. The Morgan fingerprint density at radius 3 is 2.65 bits per heavy atom. The topological polar surface area (TPSA) is 75.3 Å². The standard InChI is InChI=1S/C20H24N2O3S/c23-20(22-14-17-7-5-11-21-13-17)18-8-4-6-16(12-18)15-26(24,25)19-9-2-1-3-10-19/h1-4,6,8-10,12,17,21H,5,7,11,13-15H2,(H,22,23). The van der Waals surface area contributed by atoms with Gasteiger partial charge in [-0.15, -0.1) is 0 Å². The number of nitrogens with one attached hydrogen (secondary N) is 2. The van der Waals surface area contributed by atoms with Crippen molar-refractivity contribution in [3.8, 4) is 0 Å². The van der Waals surface area contributed by atoms with Crippen LogP contribution in [0.1, 0.15) is 28.8 Å². The quantitative estimate of drug-likeness (QED) is 0.816. The fraction of sp³-hybridized carbons (Fsp3) is 0.350. The largest absolute Gasteiger partial charge is 0.352 e. The highest BCUT2D eigenvalue weighted by Gasteiger charge is 2.17. The summed E-state index contributed by atoms with van der Waals surface area (Å²) in [6.45, 7) is 2.61. The van der Waals surface area contributed by atoms with Gasteiger partial charge in [-0.3, -0.25) is 4.79 Å². The molecule has 5 nitrogen and oxygen atoms in total. The van der Waals surface area contributed by atoms with Crippen molar-refractivity contribution in [3.63, 3.8) is 0 Å². The molecule has 1 aliphatic rings. The minimum Gasteiger partial charge on any atom is -0.352 e. The highest BCUT2D eigenvalue weighted by atomic mass is 32.2. The summed E-state index contributed by atoms with van der Waals surface area (Å²) in [5.74, 6) is 0.175. The summed E-state index contributed by atoms with van der Waals surface area (Å²) in [5.41, 5.74) is 1.11. The molecule has 2 aromatic rings. The van der Waals surface area contributed by atoms with E-state index in [9.17, 15) is 13.2 Å². The van der Waals surface area contributed by atoms with Gasteiger partial charge < -0.3 is 10.6 Å². The Balaban J connectivity index is 1.65. The monoisotopic (exact) mass is 372 g/mol. The van der Waals surface area contributed by atoms with Gasteiger partial charge in [-0.05, 0) is 61.7 Å². The van der Waals surface area contributed by atoms with Crippen molar-refractivity contribution in [2.24, 2.45) is 5.92 Å². The number of hydrogen-bond acceptors (Lipinski definition) is 4. The summed E-state index contributed by atoms with van der Waals surface area (Å²) in [4.78, 5) is 12.7. The first-order valence-electron chi connectivity index (χ1n) is 8.90. The molecule has 1 fully saturated rings. The van der Waals surface area contributed by atoms with Gasteiger partial charge in [-0.25, -0.2) is 8.42 Å². The Bertz CT molecular complexity index is 844. The van der Waals surface area contributed by atoms with Crippen LogP contribution in [0.4, 0.5) is 0 Å². The highest BCUT2D eigenvalue weighted by Crippen LogP contribution is 2.17. The summed E-state index contributed by atoms with van der Waals surface area (Å²) in [7, 11) is -3.43. The molecular weight excluding hydrogens is 348 g/mol. The number of amides is 1. The van der Waals surface area contributed by atoms with Gasteiger partial charge in [0.1, 0.15) is 0 Å². The molecule has 1 aliphatic heterocycles. The van der Waals surface area contributed by atoms with Crippen molar-refractivity contribution in [3.05, 3.63) is 65.7 Å². The third kappa shape index (κ3) is 4.93. The van der Waals surface area contributed by atoms with Gasteiger partial charge in [-0.1, -0.05) is 30.3 Å². The second-order valence-electron chi connectivity index (χ2n) is 6.69. The zero-order chi connectivity index (χ0) is 18.4. The van der Waals surface area contributed by atoms with Gasteiger partial charge in [0.25, 0.3) is 5.91 Å². The van der Waals surface area contributed by atoms with Crippen molar-refractivity contribution in [1.29, 1.82) is 0 Å². The molecule has 2 aromatic carbocycles. The number of benzene rings is 2. The van der Waals surface area contributed by atoms with Gasteiger partial charge in [0.2, 0.25) is 0 Å². The average Bonchev–Trinajstić information content (AvgIpc) is 2.67. The molecule has 0 aromatic heterocycles. The molecule has 2 N–H and O–H groups in total. The van der Waals surface area contributed by atoms with Crippen molar-refractivity contribution in [1.82, 2.24) is 10.6 Å². The zero-order valence-corrected chi connectivity index (χ0v) is 15.5. The molecule has 0 spiro atoms. The minimum atomic E-state index is -3.43. The SMILES string of the molecule is O=C(NCC1CCCNC1)c1cccc(CS(=O)(=O)c2ccccc2)c1. The van der Waals surface area contributed by atoms with E-state index in [0.29, 0.717) is 28.5 Å². The van der Waals surface area contributed by atoms with Gasteiger partial charge in [0, 0.05) is 12.1 Å². The zero-order valence-electron chi connectivity index (χ0n) is 14.6. The van der Waals surface area contributed by atoms with Crippen molar-refractivity contribution in [2.45, 2.75) is 23.5 Å². The smallest absolute Gasteiger partial charge is 0.251 e. The van der Waals surface area contributed by atoms with Crippen LogP contribution < -0.4 is 10.6 Å². The lowest BCUT2D eigenvalue weighted by Gasteiger charge is -2.22.